The second-order valence-electron chi connectivity index (χ2n) is 2.89. The Morgan fingerprint density at radius 3 is 2.27 bits per heavy atom. The lowest BCUT2D eigenvalue weighted by molar-refractivity contribution is -0.384. The largest absolute Gasteiger partial charge is 0.269 e. The van der Waals surface area contributed by atoms with Crippen LogP contribution in [0.1, 0.15) is 5.56 Å². The van der Waals surface area contributed by atoms with Crippen LogP contribution in [0.3, 0.4) is 0 Å². The SMILES string of the molecule is CNS(=O)(=O)Cc1ccc([N+](=O)[O-])cc1. The van der Waals surface area contributed by atoms with E-state index in [1.165, 1.54) is 31.3 Å². The smallest absolute Gasteiger partial charge is 0.258 e. The Bertz CT molecular complexity index is 452. The molecule has 0 unspecified atom stereocenters. The summed E-state index contributed by atoms with van der Waals surface area (Å²) < 4.78 is 24.5. The lowest BCUT2D eigenvalue weighted by Crippen LogP contribution is -2.20. The van der Waals surface area contributed by atoms with Crippen molar-refractivity contribution in [3.8, 4) is 0 Å². The summed E-state index contributed by atoms with van der Waals surface area (Å²) in [5.74, 6) is -0.179. The van der Waals surface area contributed by atoms with Crippen LogP contribution in [0.4, 0.5) is 5.69 Å². The number of rotatable bonds is 4. The Hall–Kier alpha value is -1.47. The standard InChI is InChI=1S/C8H10N2O4S/c1-9-15(13,14)6-7-2-4-8(5-3-7)10(11)12/h2-5,9H,6H2,1H3. The van der Waals surface area contributed by atoms with Crippen LogP contribution in [0, 0.1) is 10.1 Å². The Morgan fingerprint density at radius 2 is 1.87 bits per heavy atom. The van der Waals surface area contributed by atoms with Crippen LogP contribution in [0.15, 0.2) is 24.3 Å². The highest BCUT2D eigenvalue weighted by Gasteiger charge is 2.10. The number of non-ortho nitro benzene ring substituents is 1. The molecule has 0 aliphatic carbocycles. The van der Waals surface area contributed by atoms with E-state index in [2.05, 4.69) is 4.72 Å². The first-order valence-electron chi connectivity index (χ1n) is 4.09. The van der Waals surface area contributed by atoms with Crippen molar-refractivity contribution >= 4 is 15.7 Å². The van der Waals surface area contributed by atoms with Gasteiger partial charge in [0.15, 0.2) is 0 Å². The van der Waals surface area contributed by atoms with Gasteiger partial charge in [-0.2, -0.15) is 0 Å². The van der Waals surface area contributed by atoms with Crippen LogP contribution >= 0.6 is 0 Å². The van der Waals surface area contributed by atoms with Crippen molar-refractivity contribution in [3.05, 3.63) is 39.9 Å². The number of benzene rings is 1. The first-order valence-corrected chi connectivity index (χ1v) is 5.74. The first-order chi connectivity index (χ1) is 6.94. The van der Waals surface area contributed by atoms with Crippen molar-refractivity contribution in [2.24, 2.45) is 0 Å². The first kappa shape index (κ1) is 11.6. The van der Waals surface area contributed by atoms with Crippen LogP contribution in [0.5, 0.6) is 0 Å². The van der Waals surface area contributed by atoms with E-state index in [4.69, 9.17) is 0 Å². The van der Waals surface area contributed by atoms with Crippen molar-refractivity contribution in [1.82, 2.24) is 4.72 Å². The molecule has 15 heavy (non-hydrogen) atoms. The number of hydrogen-bond donors (Lipinski definition) is 1. The van der Waals surface area contributed by atoms with Crippen LogP contribution in [0.2, 0.25) is 0 Å². The summed E-state index contributed by atoms with van der Waals surface area (Å²) in [6.07, 6.45) is 0. The summed E-state index contributed by atoms with van der Waals surface area (Å²) in [6, 6.07) is 5.40. The molecule has 82 valence electrons. The van der Waals surface area contributed by atoms with Gasteiger partial charge in [0.1, 0.15) is 0 Å². The third-order valence-corrected chi connectivity index (χ3v) is 3.15. The quantitative estimate of drug-likeness (QED) is 0.607. The summed E-state index contributed by atoms with van der Waals surface area (Å²) in [7, 11) is -2.01. The summed E-state index contributed by atoms with van der Waals surface area (Å²) >= 11 is 0. The van der Waals surface area contributed by atoms with E-state index in [9.17, 15) is 18.5 Å². The highest BCUT2D eigenvalue weighted by atomic mass is 32.2. The molecule has 0 bridgehead atoms. The lowest BCUT2D eigenvalue weighted by Gasteiger charge is -2.01. The van der Waals surface area contributed by atoms with Crippen molar-refractivity contribution in [2.75, 3.05) is 7.05 Å². The van der Waals surface area contributed by atoms with Crippen LogP contribution in [-0.2, 0) is 15.8 Å². The summed E-state index contributed by atoms with van der Waals surface area (Å²) in [5.41, 5.74) is 0.454. The zero-order chi connectivity index (χ0) is 11.5. The fourth-order valence-electron chi connectivity index (χ4n) is 1.01. The second kappa shape index (κ2) is 4.37. The molecule has 0 aliphatic heterocycles. The van der Waals surface area contributed by atoms with Gasteiger partial charge in [0.2, 0.25) is 10.0 Å². The Kier molecular flexibility index (Phi) is 3.38. The summed E-state index contributed by atoms with van der Waals surface area (Å²) in [4.78, 5) is 9.80. The molecule has 0 aromatic heterocycles. The molecule has 0 spiro atoms. The van der Waals surface area contributed by atoms with Gasteiger partial charge >= 0.3 is 0 Å². The van der Waals surface area contributed by atoms with E-state index in [0.29, 0.717) is 5.56 Å². The predicted octanol–water partition coefficient (Wildman–Crippen LogP) is 0.644. The molecule has 6 nitrogen and oxygen atoms in total. The van der Waals surface area contributed by atoms with E-state index >= 15 is 0 Å². The maximum atomic E-state index is 11.1. The minimum absolute atomic E-state index is 0.0550. The van der Waals surface area contributed by atoms with E-state index in [1.54, 1.807) is 0 Å². The lowest BCUT2D eigenvalue weighted by atomic mass is 10.2. The van der Waals surface area contributed by atoms with Crippen LogP contribution in [-0.4, -0.2) is 20.4 Å². The number of nitrogens with one attached hydrogen (secondary N) is 1. The topological polar surface area (TPSA) is 89.3 Å². The van der Waals surface area contributed by atoms with Gasteiger partial charge in [-0.25, -0.2) is 13.1 Å². The average Bonchev–Trinajstić information content (AvgIpc) is 2.18. The normalized spacial score (nSPS) is 11.3. The van der Waals surface area contributed by atoms with Gasteiger partial charge in [-0.15, -0.1) is 0 Å². The molecule has 7 heteroatoms. The second-order valence-corrected chi connectivity index (χ2v) is 4.81. The fraction of sp³-hybridized carbons (Fsp3) is 0.250. The molecular weight excluding hydrogens is 220 g/mol. The number of nitro groups is 1. The Labute approximate surface area is 87.1 Å². The minimum atomic E-state index is -3.33. The molecule has 1 aromatic rings. The van der Waals surface area contributed by atoms with E-state index < -0.39 is 14.9 Å². The Morgan fingerprint density at radius 1 is 1.33 bits per heavy atom. The number of nitrogens with zero attached hydrogens (tertiary/aromatic N) is 1. The average molecular weight is 230 g/mol. The highest BCUT2D eigenvalue weighted by molar-refractivity contribution is 7.88. The number of hydrogen-bond acceptors (Lipinski definition) is 4. The van der Waals surface area contributed by atoms with Gasteiger partial charge in [-0.05, 0) is 12.6 Å². The van der Waals surface area contributed by atoms with Crippen molar-refractivity contribution in [3.63, 3.8) is 0 Å². The number of nitro benzene ring substituents is 1. The molecule has 0 saturated carbocycles. The Balaban J connectivity index is 2.86. The van der Waals surface area contributed by atoms with E-state index in [-0.39, 0.29) is 11.4 Å². The molecule has 1 rings (SSSR count). The van der Waals surface area contributed by atoms with E-state index in [0.717, 1.165) is 0 Å². The van der Waals surface area contributed by atoms with Gasteiger partial charge in [0, 0.05) is 12.1 Å². The van der Waals surface area contributed by atoms with Gasteiger partial charge in [0.05, 0.1) is 10.7 Å². The third-order valence-electron chi connectivity index (χ3n) is 1.81. The fourth-order valence-corrected chi connectivity index (χ4v) is 1.78. The zero-order valence-electron chi connectivity index (χ0n) is 8.00. The van der Waals surface area contributed by atoms with Crippen molar-refractivity contribution in [1.29, 1.82) is 0 Å². The van der Waals surface area contributed by atoms with Crippen LogP contribution < -0.4 is 4.72 Å². The maximum Gasteiger partial charge on any atom is 0.269 e. The zero-order valence-corrected chi connectivity index (χ0v) is 8.82. The highest BCUT2D eigenvalue weighted by Crippen LogP contribution is 2.13. The molecule has 0 radical (unpaired) electrons. The third kappa shape index (κ3) is 3.30. The van der Waals surface area contributed by atoms with E-state index in [1.807, 2.05) is 0 Å². The van der Waals surface area contributed by atoms with Gasteiger partial charge in [0.25, 0.3) is 5.69 Å². The van der Waals surface area contributed by atoms with Crippen molar-refractivity contribution in [2.45, 2.75) is 5.75 Å². The van der Waals surface area contributed by atoms with Gasteiger partial charge < -0.3 is 0 Å². The predicted molar refractivity (Wildman–Crippen MR) is 54.8 cm³/mol. The van der Waals surface area contributed by atoms with Crippen molar-refractivity contribution < 1.29 is 13.3 Å². The number of sulfonamides is 1. The molecule has 1 aromatic carbocycles. The molecule has 0 fully saturated rings. The summed E-state index contributed by atoms with van der Waals surface area (Å²) in [6.45, 7) is 0. The van der Waals surface area contributed by atoms with Gasteiger partial charge in [-0.1, -0.05) is 12.1 Å². The monoisotopic (exact) mass is 230 g/mol. The van der Waals surface area contributed by atoms with Crippen LogP contribution in [0.25, 0.3) is 0 Å². The maximum absolute atomic E-state index is 11.1. The molecule has 0 heterocycles. The molecule has 0 atom stereocenters. The molecule has 0 aliphatic rings. The van der Waals surface area contributed by atoms with Gasteiger partial charge in [-0.3, -0.25) is 10.1 Å². The molecule has 0 amide bonds. The molecular formula is C8H10N2O4S. The molecule has 1 N–H and O–H groups in total. The molecule has 0 saturated heterocycles. The summed E-state index contributed by atoms with van der Waals surface area (Å²) in [5, 5.41) is 10.3. The minimum Gasteiger partial charge on any atom is -0.258 e.